The third-order valence-corrected chi connectivity index (χ3v) is 3.22. The molecule has 1 atom stereocenters. The smallest absolute Gasteiger partial charge is 0.119 e. The fraction of sp³-hybridized carbons (Fsp3) is 0.538. The van der Waals surface area contributed by atoms with Gasteiger partial charge in [-0.3, -0.25) is 4.90 Å². The molecule has 1 saturated heterocycles. The fourth-order valence-corrected chi connectivity index (χ4v) is 2.24. The quantitative estimate of drug-likeness (QED) is 0.891. The zero-order chi connectivity index (χ0) is 11.4. The number of hydrogen-bond donors (Lipinski definition) is 1. The molecular formula is C13H21ClN2O. The second-order valence-corrected chi connectivity index (χ2v) is 4.36. The highest BCUT2D eigenvalue weighted by atomic mass is 35.5. The van der Waals surface area contributed by atoms with Gasteiger partial charge < -0.3 is 10.1 Å². The molecule has 1 aromatic carbocycles. The molecule has 17 heavy (non-hydrogen) atoms. The molecule has 1 aliphatic rings. The number of nitrogens with zero attached hydrogens (tertiary/aromatic N) is 1. The van der Waals surface area contributed by atoms with Crippen LogP contribution in [-0.2, 0) is 6.54 Å². The van der Waals surface area contributed by atoms with Gasteiger partial charge in [-0.25, -0.2) is 0 Å². The Kier molecular flexibility index (Phi) is 5.75. The van der Waals surface area contributed by atoms with Crippen molar-refractivity contribution in [3.63, 3.8) is 0 Å². The highest BCUT2D eigenvalue weighted by Crippen LogP contribution is 2.17. The SMILES string of the molecule is CNC1CCN(Cc2cccc(OC)c2)C1.Cl. The van der Waals surface area contributed by atoms with Crippen molar-refractivity contribution in [3.05, 3.63) is 29.8 Å². The second-order valence-electron chi connectivity index (χ2n) is 4.36. The van der Waals surface area contributed by atoms with Gasteiger partial charge in [0.2, 0.25) is 0 Å². The molecule has 1 heterocycles. The molecule has 1 unspecified atom stereocenters. The average Bonchev–Trinajstić information content (AvgIpc) is 2.77. The van der Waals surface area contributed by atoms with Crippen molar-refractivity contribution in [2.75, 3.05) is 27.2 Å². The molecular weight excluding hydrogens is 236 g/mol. The number of likely N-dealkylation sites (N-methyl/N-ethyl adjacent to an activating group) is 1. The standard InChI is InChI=1S/C13H20N2O.ClH/c1-14-12-6-7-15(10-12)9-11-4-3-5-13(8-11)16-2;/h3-5,8,12,14H,6-7,9-10H2,1-2H3;1H. The Morgan fingerprint density at radius 2 is 2.29 bits per heavy atom. The summed E-state index contributed by atoms with van der Waals surface area (Å²) in [5, 5.41) is 3.34. The lowest BCUT2D eigenvalue weighted by molar-refractivity contribution is 0.321. The van der Waals surface area contributed by atoms with Gasteiger partial charge in [-0.05, 0) is 31.2 Å². The van der Waals surface area contributed by atoms with Crippen LogP contribution in [0.3, 0.4) is 0 Å². The van der Waals surface area contributed by atoms with E-state index in [2.05, 4.69) is 28.4 Å². The molecule has 1 aliphatic heterocycles. The van der Waals surface area contributed by atoms with Crippen molar-refractivity contribution < 1.29 is 4.74 Å². The van der Waals surface area contributed by atoms with E-state index < -0.39 is 0 Å². The predicted octanol–water partition coefficient (Wildman–Crippen LogP) is 1.91. The molecule has 0 amide bonds. The van der Waals surface area contributed by atoms with Crippen LogP contribution in [0.4, 0.5) is 0 Å². The lowest BCUT2D eigenvalue weighted by atomic mass is 10.2. The zero-order valence-electron chi connectivity index (χ0n) is 10.5. The average molecular weight is 257 g/mol. The molecule has 0 saturated carbocycles. The maximum absolute atomic E-state index is 5.23. The van der Waals surface area contributed by atoms with Gasteiger partial charge in [-0.1, -0.05) is 12.1 Å². The highest BCUT2D eigenvalue weighted by Gasteiger charge is 2.20. The van der Waals surface area contributed by atoms with Crippen molar-refractivity contribution in [1.82, 2.24) is 10.2 Å². The minimum atomic E-state index is 0. The molecule has 2 rings (SSSR count). The summed E-state index contributed by atoms with van der Waals surface area (Å²) in [6.45, 7) is 3.35. The number of likely N-dealkylation sites (tertiary alicyclic amines) is 1. The van der Waals surface area contributed by atoms with Crippen molar-refractivity contribution in [1.29, 1.82) is 0 Å². The number of ether oxygens (including phenoxy) is 1. The lowest BCUT2D eigenvalue weighted by Crippen LogP contribution is -2.29. The van der Waals surface area contributed by atoms with E-state index >= 15 is 0 Å². The van der Waals surface area contributed by atoms with E-state index in [4.69, 9.17) is 4.74 Å². The van der Waals surface area contributed by atoms with Crippen molar-refractivity contribution >= 4 is 12.4 Å². The van der Waals surface area contributed by atoms with Crippen LogP contribution in [0.1, 0.15) is 12.0 Å². The fourth-order valence-electron chi connectivity index (χ4n) is 2.24. The van der Waals surface area contributed by atoms with Gasteiger partial charge in [-0.2, -0.15) is 0 Å². The van der Waals surface area contributed by atoms with Crippen LogP contribution < -0.4 is 10.1 Å². The molecule has 0 aliphatic carbocycles. The number of benzene rings is 1. The maximum Gasteiger partial charge on any atom is 0.119 e. The summed E-state index contributed by atoms with van der Waals surface area (Å²) in [5.74, 6) is 0.946. The minimum absolute atomic E-state index is 0. The van der Waals surface area contributed by atoms with Gasteiger partial charge in [0.15, 0.2) is 0 Å². The first-order chi connectivity index (χ1) is 7.81. The van der Waals surface area contributed by atoms with Crippen LogP contribution in [0.15, 0.2) is 24.3 Å². The Balaban J connectivity index is 0.00000144. The van der Waals surface area contributed by atoms with E-state index in [1.165, 1.54) is 18.5 Å². The Morgan fingerprint density at radius 3 is 2.94 bits per heavy atom. The number of hydrogen-bond acceptors (Lipinski definition) is 3. The zero-order valence-corrected chi connectivity index (χ0v) is 11.3. The summed E-state index contributed by atoms with van der Waals surface area (Å²) >= 11 is 0. The van der Waals surface area contributed by atoms with Gasteiger partial charge in [0, 0.05) is 25.7 Å². The molecule has 1 N–H and O–H groups in total. The topological polar surface area (TPSA) is 24.5 Å². The first kappa shape index (κ1) is 14.3. The second kappa shape index (κ2) is 6.84. The minimum Gasteiger partial charge on any atom is -0.497 e. The summed E-state index contributed by atoms with van der Waals surface area (Å²) in [4.78, 5) is 2.48. The molecule has 1 aromatic rings. The molecule has 0 radical (unpaired) electrons. The Labute approximate surface area is 110 Å². The van der Waals surface area contributed by atoms with E-state index in [1.54, 1.807) is 7.11 Å². The van der Waals surface area contributed by atoms with Crippen LogP contribution in [0.2, 0.25) is 0 Å². The molecule has 0 spiro atoms. The van der Waals surface area contributed by atoms with E-state index in [-0.39, 0.29) is 12.4 Å². The highest BCUT2D eigenvalue weighted by molar-refractivity contribution is 5.85. The summed E-state index contributed by atoms with van der Waals surface area (Å²) in [5.41, 5.74) is 1.33. The van der Waals surface area contributed by atoms with Crippen molar-refractivity contribution in [2.45, 2.75) is 19.0 Å². The first-order valence-corrected chi connectivity index (χ1v) is 5.84. The van der Waals surface area contributed by atoms with Crippen LogP contribution in [-0.4, -0.2) is 38.2 Å². The predicted molar refractivity (Wildman–Crippen MR) is 73.0 cm³/mol. The normalized spacial score (nSPS) is 20.0. The number of rotatable bonds is 4. The number of halogens is 1. The molecule has 1 fully saturated rings. The molecule has 96 valence electrons. The Bertz CT molecular complexity index is 346. The molecule has 4 heteroatoms. The van der Waals surface area contributed by atoms with E-state index in [0.29, 0.717) is 6.04 Å². The van der Waals surface area contributed by atoms with Crippen LogP contribution in [0, 0.1) is 0 Å². The van der Waals surface area contributed by atoms with Gasteiger partial charge in [-0.15, -0.1) is 12.4 Å². The van der Waals surface area contributed by atoms with E-state index in [0.717, 1.165) is 18.8 Å². The summed E-state index contributed by atoms with van der Waals surface area (Å²) in [6.07, 6.45) is 1.25. The summed E-state index contributed by atoms with van der Waals surface area (Å²) in [7, 11) is 3.76. The molecule has 3 nitrogen and oxygen atoms in total. The van der Waals surface area contributed by atoms with Crippen LogP contribution >= 0.6 is 12.4 Å². The number of methoxy groups -OCH3 is 1. The van der Waals surface area contributed by atoms with Crippen LogP contribution in [0.25, 0.3) is 0 Å². The van der Waals surface area contributed by atoms with Gasteiger partial charge in [0.05, 0.1) is 7.11 Å². The van der Waals surface area contributed by atoms with Gasteiger partial charge >= 0.3 is 0 Å². The summed E-state index contributed by atoms with van der Waals surface area (Å²) in [6, 6.07) is 8.98. The Hall–Kier alpha value is -0.770. The van der Waals surface area contributed by atoms with Crippen molar-refractivity contribution in [3.8, 4) is 5.75 Å². The van der Waals surface area contributed by atoms with E-state index in [1.807, 2.05) is 13.1 Å². The summed E-state index contributed by atoms with van der Waals surface area (Å²) < 4.78 is 5.23. The molecule has 0 aromatic heterocycles. The third kappa shape index (κ3) is 3.87. The largest absolute Gasteiger partial charge is 0.497 e. The maximum atomic E-state index is 5.23. The Morgan fingerprint density at radius 1 is 1.47 bits per heavy atom. The monoisotopic (exact) mass is 256 g/mol. The van der Waals surface area contributed by atoms with E-state index in [9.17, 15) is 0 Å². The van der Waals surface area contributed by atoms with Gasteiger partial charge in [0.1, 0.15) is 5.75 Å². The number of nitrogens with one attached hydrogen (secondary N) is 1. The van der Waals surface area contributed by atoms with Crippen molar-refractivity contribution in [2.24, 2.45) is 0 Å². The van der Waals surface area contributed by atoms with Crippen LogP contribution in [0.5, 0.6) is 5.75 Å². The third-order valence-electron chi connectivity index (χ3n) is 3.22. The van der Waals surface area contributed by atoms with Gasteiger partial charge in [0.25, 0.3) is 0 Å². The molecule has 0 bridgehead atoms. The first-order valence-electron chi connectivity index (χ1n) is 5.84. The lowest BCUT2D eigenvalue weighted by Gasteiger charge is -2.16.